The van der Waals surface area contributed by atoms with Crippen molar-refractivity contribution in [2.24, 2.45) is 0 Å². The molecular weight excluding hydrogens is 250 g/mol. The van der Waals surface area contributed by atoms with Crippen LogP contribution in [0.25, 0.3) is 0 Å². The molecule has 0 aromatic carbocycles. The fourth-order valence-electron chi connectivity index (χ4n) is 2.29. The van der Waals surface area contributed by atoms with Crippen LogP contribution in [0.5, 0.6) is 0 Å². The van der Waals surface area contributed by atoms with Gasteiger partial charge in [-0.3, -0.25) is 4.68 Å². The predicted octanol–water partition coefficient (Wildman–Crippen LogP) is 2.54. The molecule has 1 heterocycles. The smallest absolute Gasteiger partial charge is 0.0686 e. The average Bonchev–Trinajstić information content (AvgIpc) is 2.68. The summed E-state index contributed by atoms with van der Waals surface area (Å²) in [6.45, 7) is 14.2. The third-order valence-electron chi connectivity index (χ3n) is 3.46. The minimum atomic E-state index is -0.698. The molecule has 4 nitrogen and oxygen atoms in total. The molecule has 1 aromatic rings. The molecule has 0 fully saturated rings. The number of aromatic nitrogens is 2. The van der Waals surface area contributed by atoms with E-state index in [-0.39, 0.29) is 5.54 Å². The highest BCUT2D eigenvalue weighted by Gasteiger charge is 2.24. The fourth-order valence-corrected chi connectivity index (χ4v) is 2.29. The second-order valence-electron chi connectivity index (χ2n) is 6.90. The summed E-state index contributed by atoms with van der Waals surface area (Å²) in [4.78, 5) is 0. The zero-order valence-corrected chi connectivity index (χ0v) is 14.0. The maximum atomic E-state index is 10.6. The Morgan fingerprint density at radius 1 is 1.25 bits per heavy atom. The van der Waals surface area contributed by atoms with E-state index in [0.717, 1.165) is 37.3 Å². The number of hydrogen-bond acceptors (Lipinski definition) is 3. The molecule has 2 N–H and O–H groups in total. The number of aryl methyl sites for hydroxylation is 2. The van der Waals surface area contributed by atoms with Crippen LogP contribution in [0.3, 0.4) is 0 Å². The highest BCUT2D eigenvalue weighted by molar-refractivity contribution is 5.12. The quantitative estimate of drug-likeness (QED) is 0.807. The molecule has 0 bridgehead atoms. The van der Waals surface area contributed by atoms with Gasteiger partial charge in [0.2, 0.25) is 0 Å². The zero-order chi connectivity index (χ0) is 15.4. The summed E-state index contributed by atoms with van der Waals surface area (Å²) >= 11 is 0. The van der Waals surface area contributed by atoms with Gasteiger partial charge in [-0.2, -0.15) is 5.10 Å². The molecule has 0 aliphatic rings. The molecule has 0 aliphatic carbocycles. The van der Waals surface area contributed by atoms with Gasteiger partial charge in [-0.15, -0.1) is 0 Å². The number of aliphatic hydroxyl groups is 1. The minimum absolute atomic E-state index is 0.0939. The summed E-state index contributed by atoms with van der Waals surface area (Å²) in [5, 5.41) is 18.6. The zero-order valence-electron chi connectivity index (χ0n) is 14.0. The van der Waals surface area contributed by atoms with Gasteiger partial charge in [0.1, 0.15) is 0 Å². The normalized spacial score (nSPS) is 15.3. The topological polar surface area (TPSA) is 50.1 Å². The average molecular weight is 281 g/mol. The summed E-state index contributed by atoms with van der Waals surface area (Å²) in [6, 6.07) is 2.12. The molecule has 1 rings (SSSR count). The van der Waals surface area contributed by atoms with Crippen LogP contribution in [0.1, 0.15) is 59.4 Å². The van der Waals surface area contributed by atoms with Crippen molar-refractivity contribution < 1.29 is 5.11 Å². The van der Waals surface area contributed by atoms with E-state index in [1.54, 1.807) is 0 Å². The van der Waals surface area contributed by atoms with Gasteiger partial charge in [-0.1, -0.05) is 6.92 Å². The van der Waals surface area contributed by atoms with Gasteiger partial charge in [0.25, 0.3) is 0 Å². The van der Waals surface area contributed by atoms with Crippen LogP contribution in [0.15, 0.2) is 6.07 Å². The summed E-state index contributed by atoms with van der Waals surface area (Å²) in [6.07, 6.45) is 2.33. The Hall–Kier alpha value is -0.870. The maximum absolute atomic E-state index is 10.6. The van der Waals surface area contributed by atoms with Crippen molar-refractivity contribution >= 4 is 0 Å². The summed E-state index contributed by atoms with van der Waals surface area (Å²) in [5.74, 6) is 0. The summed E-state index contributed by atoms with van der Waals surface area (Å²) in [5.41, 5.74) is 1.63. The number of nitrogens with one attached hydrogen (secondary N) is 1. The molecule has 0 radical (unpaired) electrons. The molecule has 0 saturated heterocycles. The Morgan fingerprint density at radius 3 is 2.40 bits per heavy atom. The largest absolute Gasteiger partial charge is 0.390 e. The first-order valence-corrected chi connectivity index (χ1v) is 7.70. The van der Waals surface area contributed by atoms with Crippen molar-refractivity contribution in [1.29, 1.82) is 0 Å². The van der Waals surface area contributed by atoms with Crippen molar-refractivity contribution in [3.63, 3.8) is 0 Å². The molecule has 0 spiro atoms. The van der Waals surface area contributed by atoms with E-state index in [9.17, 15) is 5.11 Å². The van der Waals surface area contributed by atoms with Gasteiger partial charge in [0, 0.05) is 24.2 Å². The molecule has 1 atom stereocenters. The Kier molecular flexibility index (Phi) is 5.78. The minimum Gasteiger partial charge on any atom is -0.390 e. The monoisotopic (exact) mass is 281 g/mol. The molecule has 0 amide bonds. The van der Waals surface area contributed by atoms with Crippen molar-refractivity contribution in [2.45, 2.75) is 78.5 Å². The molecule has 4 heteroatoms. The van der Waals surface area contributed by atoms with E-state index in [4.69, 9.17) is 0 Å². The van der Waals surface area contributed by atoms with Gasteiger partial charge in [-0.05, 0) is 60.1 Å². The van der Waals surface area contributed by atoms with Crippen LogP contribution >= 0.6 is 0 Å². The highest BCUT2D eigenvalue weighted by atomic mass is 16.3. The van der Waals surface area contributed by atoms with E-state index < -0.39 is 5.60 Å². The lowest BCUT2D eigenvalue weighted by atomic mass is 9.95. The van der Waals surface area contributed by atoms with Crippen LogP contribution in [-0.2, 0) is 19.4 Å². The van der Waals surface area contributed by atoms with Gasteiger partial charge in [-0.25, -0.2) is 0 Å². The lowest BCUT2D eigenvalue weighted by Gasteiger charge is -2.27. The Morgan fingerprint density at radius 2 is 1.90 bits per heavy atom. The van der Waals surface area contributed by atoms with Crippen molar-refractivity contribution in [1.82, 2.24) is 15.1 Å². The van der Waals surface area contributed by atoms with E-state index >= 15 is 0 Å². The third-order valence-corrected chi connectivity index (χ3v) is 3.46. The van der Waals surface area contributed by atoms with Crippen LogP contribution in [-0.4, -0.2) is 32.6 Å². The van der Waals surface area contributed by atoms with Crippen molar-refractivity contribution in [3.8, 4) is 0 Å². The summed E-state index contributed by atoms with van der Waals surface area (Å²) < 4.78 is 2.00. The molecule has 1 unspecified atom stereocenters. The van der Waals surface area contributed by atoms with E-state index in [2.05, 4.69) is 51.1 Å². The standard InChI is InChI=1S/C16H31N3O/c1-7-13-11-14(19(8-2)18-13)12-16(6,20)9-10-17-15(3,4)5/h11,17,20H,7-10,12H2,1-6H3. The highest BCUT2D eigenvalue weighted by Crippen LogP contribution is 2.18. The molecule has 1 aromatic heterocycles. The van der Waals surface area contributed by atoms with Gasteiger partial charge >= 0.3 is 0 Å². The van der Waals surface area contributed by atoms with Gasteiger partial charge in [0.15, 0.2) is 0 Å². The van der Waals surface area contributed by atoms with E-state index in [1.165, 1.54) is 0 Å². The van der Waals surface area contributed by atoms with Crippen LogP contribution < -0.4 is 5.32 Å². The Bertz CT molecular complexity index is 416. The second kappa shape index (κ2) is 6.72. The first-order chi connectivity index (χ1) is 9.17. The van der Waals surface area contributed by atoms with Crippen LogP contribution in [0.4, 0.5) is 0 Å². The first-order valence-electron chi connectivity index (χ1n) is 7.70. The molecule has 20 heavy (non-hydrogen) atoms. The van der Waals surface area contributed by atoms with E-state index in [0.29, 0.717) is 6.42 Å². The molecular formula is C16H31N3O. The maximum Gasteiger partial charge on any atom is 0.0686 e. The lowest BCUT2D eigenvalue weighted by Crippen LogP contribution is -2.40. The SMILES string of the molecule is CCc1cc(CC(C)(O)CCNC(C)(C)C)n(CC)n1. The van der Waals surface area contributed by atoms with E-state index in [1.807, 2.05) is 11.6 Å². The number of hydrogen-bond donors (Lipinski definition) is 2. The van der Waals surface area contributed by atoms with Crippen molar-refractivity contribution in [3.05, 3.63) is 17.5 Å². The second-order valence-corrected chi connectivity index (χ2v) is 6.90. The molecule has 0 saturated carbocycles. The van der Waals surface area contributed by atoms with Crippen LogP contribution in [0.2, 0.25) is 0 Å². The predicted molar refractivity (Wildman–Crippen MR) is 84.0 cm³/mol. The van der Waals surface area contributed by atoms with Gasteiger partial charge < -0.3 is 10.4 Å². The molecule has 0 aliphatic heterocycles. The lowest BCUT2D eigenvalue weighted by molar-refractivity contribution is 0.0479. The van der Waals surface area contributed by atoms with Crippen molar-refractivity contribution in [2.75, 3.05) is 6.54 Å². The van der Waals surface area contributed by atoms with Crippen LogP contribution in [0, 0.1) is 0 Å². The third kappa shape index (κ3) is 5.63. The number of rotatable bonds is 7. The first kappa shape index (κ1) is 17.2. The summed E-state index contributed by atoms with van der Waals surface area (Å²) in [7, 11) is 0. The fraction of sp³-hybridized carbons (Fsp3) is 0.812. The number of nitrogens with zero attached hydrogens (tertiary/aromatic N) is 2. The Balaban J connectivity index is 2.63. The Labute approximate surface area is 123 Å². The van der Waals surface area contributed by atoms with Gasteiger partial charge in [0.05, 0.1) is 11.3 Å². The molecule has 116 valence electrons.